The largest absolute Gasteiger partial charge is 0.356 e. The number of nitrogens with one attached hydrogen (secondary N) is 1. The standard InChI is InChI=1S/C10H15N5/c1-4-11-10-13-8(2)6-15(10)9-5-12-14(3)7-9/h5-7H,4H2,1-3H3,(H,11,13). The van der Waals surface area contributed by atoms with Crippen molar-refractivity contribution in [3.05, 3.63) is 24.3 Å². The number of hydrogen-bond donors (Lipinski definition) is 1. The quantitative estimate of drug-likeness (QED) is 0.822. The summed E-state index contributed by atoms with van der Waals surface area (Å²) in [6, 6.07) is 0. The lowest BCUT2D eigenvalue weighted by Crippen LogP contribution is -2.04. The summed E-state index contributed by atoms with van der Waals surface area (Å²) in [5, 5.41) is 7.36. The van der Waals surface area contributed by atoms with Crippen LogP contribution in [0.15, 0.2) is 18.6 Å². The van der Waals surface area contributed by atoms with Gasteiger partial charge in [0, 0.05) is 26.0 Å². The van der Waals surface area contributed by atoms with Crippen LogP contribution < -0.4 is 5.32 Å². The van der Waals surface area contributed by atoms with Gasteiger partial charge in [0.25, 0.3) is 0 Å². The van der Waals surface area contributed by atoms with Gasteiger partial charge in [-0.25, -0.2) is 4.98 Å². The zero-order valence-corrected chi connectivity index (χ0v) is 9.23. The minimum absolute atomic E-state index is 0.858. The van der Waals surface area contributed by atoms with Gasteiger partial charge in [0.05, 0.1) is 17.6 Å². The molecule has 0 amide bonds. The van der Waals surface area contributed by atoms with Gasteiger partial charge in [0.15, 0.2) is 0 Å². The summed E-state index contributed by atoms with van der Waals surface area (Å²) in [6.45, 7) is 4.89. The van der Waals surface area contributed by atoms with Crippen LogP contribution in [0.3, 0.4) is 0 Å². The van der Waals surface area contributed by atoms with Crippen molar-refractivity contribution >= 4 is 5.95 Å². The van der Waals surface area contributed by atoms with Crippen LogP contribution in [-0.2, 0) is 7.05 Å². The molecule has 0 bridgehead atoms. The summed E-state index contributed by atoms with van der Waals surface area (Å²) in [5.41, 5.74) is 2.02. The SMILES string of the molecule is CCNc1nc(C)cn1-c1cnn(C)c1. The highest BCUT2D eigenvalue weighted by atomic mass is 15.3. The third-order valence-electron chi connectivity index (χ3n) is 2.13. The fourth-order valence-electron chi connectivity index (χ4n) is 1.51. The highest BCUT2D eigenvalue weighted by Gasteiger charge is 2.07. The van der Waals surface area contributed by atoms with Gasteiger partial charge < -0.3 is 5.32 Å². The number of anilines is 1. The lowest BCUT2D eigenvalue weighted by atomic mass is 10.5. The molecule has 0 aliphatic heterocycles. The van der Waals surface area contributed by atoms with Gasteiger partial charge in [-0.15, -0.1) is 0 Å². The van der Waals surface area contributed by atoms with Crippen LogP contribution in [0.2, 0.25) is 0 Å². The smallest absolute Gasteiger partial charge is 0.207 e. The van der Waals surface area contributed by atoms with Gasteiger partial charge in [0.2, 0.25) is 5.95 Å². The molecular weight excluding hydrogens is 190 g/mol. The van der Waals surface area contributed by atoms with Crippen LogP contribution in [0.1, 0.15) is 12.6 Å². The third-order valence-corrected chi connectivity index (χ3v) is 2.13. The molecular formula is C10H15N5. The first kappa shape index (κ1) is 9.76. The Kier molecular flexibility index (Phi) is 2.45. The van der Waals surface area contributed by atoms with E-state index in [9.17, 15) is 0 Å². The molecule has 2 aromatic heterocycles. The summed E-state index contributed by atoms with van der Waals surface area (Å²) >= 11 is 0. The summed E-state index contributed by atoms with van der Waals surface area (Å²) in [7, 11) is 1.90. The number of aromatic nitrogens is 4. The Morgan fingerprint density at radius 3 is 2.80 bits per heavy atom. The molecule has 0 saturated heterocycles. The van der Waals surface area contributed by atoms with Crippen molar-refractivity contribution in [2.45, 2.75) is 13.8 Å². The average molecular weight is 205 g/mol. The van der Waals surface area contributed by atoms with E-state index in [-0.39, 0.29) is 0 Å². The highest BCUT2D eigenvalue weighted by Crippen LogP contribution is 2.15. The molecule has 0 aliphatic rings. The van der Waals surface area contributed by atoms with Gasteiger partial charge in [-0.2, -0.15) is 5.10 Å². The van der Waals surface area contributed by atoms with Crippen molar-refractivity contribution in [2.24, 2.45) is 7.05 Å². The first-order valence-corrected chi connectivity index (χ1v) is 4.99. The molecule has 0 aliphatic carbocycles. The summed E-state index contributed by atoms with van der Waals surface area (Å²) in [5.74, 6) is 0.864. The maximum Gasteiger partial charge on any atom is 0.207 e. The Morgan fingerprint density at radius 1 is 1.40 bits per heavy atom. The second-order valence-electron chi connectivity index (χ2n) is 3.48. The van der Waals surface area contributed by atoms with E-state index in [1.807, 2.05) is 37.1 Å². The maximum absolute atomic E-state index is 4.40. The Bertz CT molecular complexity index is 454. The molecule has 0 aromatic carbocycles. The van der Waals surface area contributed by atoms with Crippen LogP contribution in [0.25, 0.3) is 5.69 Å². The third kappa shape index (κ3) is 1.86. The van der Waals surface area contributed by atoms with Gasteiger partial charge >= 0.3 is 0 Å². The molecule has 0 fully saturated rings. The molecule has 15 heavy (non-hydrogen) atoms. The molecule has 0 unspecified atom stereocenters. The van der Waals surface area contributed by atoms with Crippen LogP contribution in [0, 0.1) is 6.92 Å². The predicted octanol–water partition coefficient (Wildman–Crippen LogP) is 1.35. The lowest BCUT2D eigenvalue weighted by molar-refractivity contribution is 0.767. The predicted molar refractivity (Wildman–Crippen MR) is 59.2 cm³/mol. The van der Waals surface area contributed by atoms with Crippen molar-refractivity contribution < 1.29 is 0 Å². The molecule has 0 saturated carbocycles. The lowest BCUT2D eigenvalue weighted by Gasteiger charge is -2.04. The van der Waals surface area contributed by atoms with Crippen molar-refractivity contribution in [1.82, 2.24) is 19.3 Å². The van der Waals surface area contributed by atoms with Crippen molar-refractivity contribution in [3.63, 3.8) is 0 Å². The second-order valence-corrected chi connectivity index (χ2v) is 3.48. The van der Waals surface area contributed by atoms with Gasteiger partial charge in [-0.05, 0) is 13.8 Å². The molecule has 0 atom stereocenters. The van der Waals surface area contributed by atoms with Crippen molar-refractivity contribution in [2.75, 3.05) is 11.9 Å². The minimum Gasteiger partial charge on any atom is -0.356 e. The minimum atomic E-state index is 0.858. The first-order chi connectivity index (χ1) is 7.20. The fraction of sp³-hybridized carbons (Fsp3) is 0.400. The molecule has 2 heterocycles. The number of imidazole rings is 1. The van der Waals surface area contributed by atoms with Crippen LogP contribution in [0.4, 0.5) is 5.95 Å². The Balaban J connectivity index is 2.42. The number of nitrogens with zero attached hydrogens (tertiary/aromatic N) is 4. The van der Waals surface area contributed by atoms with E-state index in [1.54, 1.807) is 4.68 Å². The number of aryl methyl sites for hydroxylation is 2. The molecule has 2 aromatic rings. The van der Waals surface area contributed by atoms with E-state index in [4.69, 9.17) is 0 Å². The monoisotopic (exact) mass is 205 g/mol. The highest BCUT2D eigenvalue weighted by molar-refractivity contribution is 5.40. The Hall–Kier alpha value is -1.78. The summed E-state index contributed by atoms with van der Waals surface area (Å²) in [4.78, 5) is 4.40. The normalized spacial score (nSPS) is 10.6. The maximum atomic E-state index is 4.40. The van der Waals surface area contributed by atoms with Crippen molar-refractivity contribution in [1.29, 1.82) is 0 Å². The Morgan fingerprint density at radius 2 is 2.20 bits per heavy atom. The molecule has 5 nitrogen and oxygen atoms in total. The fourth-order valence-corrected chi connectivity index (χ4v) is 1.51. The van der Waals surface area contributed by atoms with E-state index in [1.165, 1.54) is 0 Å². The Labute approximate surface area is 88.7 Å². The van der Waals surface area contributed by atoms with Gasteiger partial charge in [0.1, 0.15) is 0 Å². The average Bonchev–Trinajstić information content (AvgIpc) is 2.73. The summed E-state index contributed by atoms with van der Waals surface area (Å²) < 4.78 is 3.78. The van der Waals surface area contributed by atoms with E-state index in [0.29, 0.717) is 0 Å². The van der Waals surface area contributed by atoms with Crippen LogP contribution in [0.5, 0.6) is 0 Å². The van der Waals surface area contributed by atoms with Gasteiger partial charge in [-0.3, -0.25) is 9.25 Å². The number of rotatable bonds is 3. The zero-order chi connectivity index (χ0) is 10.8. The topological polar surface area (TPSA) is 47.7 Å². The van der Waals surface area contributed by atoms with E-state index < -0.39 is 0 Å². The van der Waals surface area contributed by atoms with Gasteiger partial charge in [-0.1, -0.05) is 0 Å². The second kappa shape index (κ2) is 3.76. The first-order valence-electron chi connectivity index (χ1n) is 4.99. The molecule has 5 heteroatoms. The van der Waals surface area contributed by atoms with Crippen LogP contribution in [-0.4, -0.2) is 25.9 Å². The van der Waals surface area contributed by atoms with Crippen LogP contribution >= 0.6 is 0 Å². The van der Waals surface area contributed by atoms with E-state index in [2.05, 4.69) is 22.3 Å². The number of hydrogen-bond acceptors (Lipinski definition) is 3. The van der Waals surface area contributed by atoms with E-state index >= 15 is 0 Å². The van der Waals surface area contributed by atoms with Crippen molar-refractivity contribution in [3.8, 4) is 5.69 Å². The molecule has 80 valence electrons. The van der Waals surface area contributed by atoms with E-state index in [0.717, 1.165) is 23.9 Å². The molecule has 2 rings (SSSR count). The summed E-state index contributed by atoms with van der Waals surface area (Å²) in [6.07, 6.45) is 5.78. The molecule has 0 radical (unpaired) electrons. The molecule has 0 spiro atoms. The molecule has 1 N–H and O–H groups in total. The zero-order valence-electron chi connectivity index (χ0n) is 9.23.